The summed E-state index contributed by atoms with van der Waals surface area (Å²) in [6.07, 6.45) is 1.97. The number of Topliss-reactive ketones (excluding diaryl/α,β-unsaturated/α-hetero) is 1. The summed E-state index contributed by atoms with van der Waals surface area (Å²) in [5, 5.41) is 0. The molecule has 5 nitrogen and oxygen atoms in total. The molecule has 0 radical (unpaired) electrons. The molecule has 2 aromatic heterocycles. The number of hydrogen-bond donors (Lipinski definition) is 1. The summed E-state index contributed by atoms with van der Waals surface area (Å²) in [6, 6.07) is 12.6. The van der Waals surface area contributed by atoms with Crippen molar-refractivity contribution >= 4 is 38.4 Å². The zero-order valence-corrected chi connectivity index (χ0v) is 22.9. The highest BCUT2D eigenvalue weighted by Crippen LogP contribution is 2.47. The zero-order valence-electron chi connectivity index (χ0n) is 21.2. The highest BCUT2D eigenvalue weighted by molar-refractivity contribution is 8.76. The second-order valence-corrected chi connectivity index (χ2v) is 12.5. The molecule has 2 aromatic carbocycles. The van der Waals surface area contributed by atoms with Crippen LogP contribution in [0, 0.1) is 12.7 Å². The fraction of sp³-hybridized carbons (Fsp3) is 0.321. The van der Waals surface area contributed by atoms with E-state index in [1.807, 2.05) is 46.9 Å². The summed E-state index contributed by atoms with van der Waals surface area (Å²) in [5.74, 6) is 2.20. The molecular weight excluding hydrogens is 493 g/mol. The number of fused-ring (bicyclic) bond motifs is 2. The molecule has 0 bridgehead atoms. The molecule has 1 aliphatic rings. The summed E-state index contributed by atoms with van der Waals surface area (Å²) in [4.78, 5) is 22.5. The van der Waals surface area contributed by atoms with Gasteiger partial charge in [0.2, 0.25) is 0 Å². The number of rotatable bonds is 6. The van der Waals surface area contributed by atoms with Gasteiger partial charge in [0.25, 0.3) is 0 Å². The number of methoxy groups -OCH3 is 1. The molecule has 36 heavy (non-hydrogen) atoms. The van der Waals surface area contributed by atoms with E-state index in [4.69, 9.17) is 9.72 Å². The first-order valence-electron chi connectivity index (χ1n) is 11.8. The molecule has 0 amide bonds. The number of ether oxygens (including phenoxy) is 1. The molecule has 8 heteroatoms. The molecule has 0 atom stereocenters. The lowest BCUT2D eigenvalue weighted by Gasteiger charge is -2.21. The molecule has 186 valence electrons. The van der Waals surface area contributed by atoms with E-state index in [-0.39, 0.29) is 11.6 Å². The number of benzene rings is 2. The number of hydrogen-bond acceptors (Lipinski definition) is 5. The monoisotopic (exact) mass is 522 g/mol. The summed E-state index contributed by atoms with van der Waals surface area (Å²) >= 11 is 0. The molecule has 0 saturated carbocycles. The third-order valence-corrected chi connectivity index (χ3v) is 9.43. The Hall–Kier alpha value is -2.84. The van der Waals surface area contributed by atoms with Crippen LogP contribution in [0.25, 0.3) is 17.0 Å². The molecule has 0 spiro atoms. The fourth-order valence-electron chi connectivity index (χ4n) is 5.14. The van der Waals surface area contributed by atoms with E-state index in [9.17, 15) is 9.18 Å². The average Bonchev–Trinajstić information content (AvgIpc) is 3.32. The third-order valence-electron chi connectivity index (χ3n) is 7.17. The number of pyridine rings is 1. The number of aromatic amines is 1. The van der Waals surface area contributed by atoms with Crippen LogP contribution in [0.5, 0.6) is 5.75 Å². The maximum Gasteiger partial charge on any atom is 0.402 e. The number of nitrogens with zero attached hydrogens (tertiary/aromatic N) is 2. The maximum absolute atomic E-state index is 13.3. The van der Waals surface area contributed by atoms with Crippen LogP contribution < -0.4 is 9.30 Å². The van der Waals surface area contributed by atoms with Crippen molar-refractivity contribution in [3.8, 4) is 11.7 Å². The first kappa shape index (κ1) is 24.8. The molecule has 1 N–H and O–H groups in total. The zero-order chi connectivity index (χ0) is 25.8. The van der Waals surface area contributed by atoms with E-state index in [0.29, 0.717) is 11.7 Å². The van der Waals surface area contributed by atoms with Crippen molar-refractivity contribution in [2.45, 2.75) is 56.1 Å². The number of ketones is 1. The standard InChI is InChI=1S/C28H29FN3O2S2/c1-16-23(15-35-36-18-9-7-17(29)8-10-18)32(12-11-24(16)34-6)26-30-21-13-19-20(14-22(21)31-26)28(4,5)25(33)27(19,2)3/h7-14H,15H2,1-6H3,(H,30,31)/q+1. The van der Waals surface area contributed by atoms with Crippen molar-refractivity contribution in [2.75, 3.05) is 7.11 Å². The lowest BCUT2D eigenvalue weighted by Crippen LogP contribution is -2.37. The lowest BCUT2D eigenvalue weighted by molar-refractivity contribution is -0.610. The third kappa shape index (κ3) is 4.00. The van der Waals surface area contributed by atoms with Crippen molar-refractivity contribution in [1.82, 2.24) is 9.97 Å². The summed E-state index contributed by atoms with van der Waals surface area (Å²) in [5.41, 5.74) is 4.84. The largest absolute Gasteiger partial charge is 0.496 e. The van der Waals surface area contributed by atoms with Gasteiger partial charge in [-0.15, -0.1) is 0 Å². The minimum atomic E-state index is -0.546. The number of carbonyl (C=O) groups excluding carboxylic acids is 1. The van der Waals surface area contributed by atoms with E-state index in [1.54, 1.807) is 40.8 Å². The first-order chi connectivity index (χ1) is 17.0. The van der Waals surface area contributed by atoms with Crippen LogP contribution in [-0.4, -0.2) is 22.9 Å². The summed E-state index contributed by atoms with van der Waals surface area (Å²) in [7, 11) is 4.94. The summed E-state index contributed by atoms with van der Waals surface area (Å²) < 4.78 is 20.9. The van der Waals surface area contributed by atoms with Crippen LogP contribution in [0.1, 0.15) is 50.1 Å². The van der Waals surface area contributed by atoms with E-state index in [2.05, 4.69) is 21.7 Å². The lowest BCUT2D eigenvalue weighted by atomic mass is 9.80. The fourth-order valence-corrected chi connectivity index (χ4v) is 7.30. The van der Waals surface area contributed by atoms with E-state index in [1.165, 1.54) is 12.1 Å². The molecule has 4 aromatic rings. The predicted molar refractivity (Wildman–Crippen MR) is 144 cm³/mol. The molecule has 0 fully saturated rings. The van der Waals surface area contributed by atoms with Crippen molar-refractivity contribution in [1.29, 1.82) is 0 Å². The second-order valence-electron chi connectivity index (χ2n) is 10.2. The van der Waals surface area contributed by atoms with Crippen molar-refractivity contribution in [2.24, 2.45) is 0 Å². The van der Waals surface area contributed by atoms with E-state index >= 15 is 0 Å². The molecule has 2 heterocycles. The smallest absolute Gasteiger partial charge is 0.402 e. The SMILES string of the molecule is COc1cc[n+](-c2nc3cc4c(cc3[nH]2)C(C)(C)C(=O)C4(C)C)c(CSSc2ccc(F)cc2)c1C. The summed E-state index contributed by atoms with van der Waals surface area (Å²) in [6.45, 7) is 10.0. The number of carbonyl (C=O) groups is 1. The molecule has 5 rings (SSSR count). The molecule has 1 aliphatic carbocycles. The van der Waals surface area contributed by atoms with E-state index in [0.717, 1.165) is 44.1 Å². The number of H-pyrrole nitrogens is 1. The Labute approximate surface area is 218 Å². The quantitative estimate of drug-likeness (QED) is 0.235. The predicted octanol–water partition coefficient (Wildman–Crippen LogP) is 6.37. The van der Waals surface area contributed by atoms with Gasteiger partial charge in [-0.05, 0) is 82.1 Å². The number of nitrogens with one attached hydrogen (secondary N) is 1. The molecule has 0 unspecified atom stereocenters. The Bertz CT molecular complexity index is 1440. The van der Waals surface area contributed by atoms with Gasteiger partial charge < -0.3 is 4.74 Å². The van der Waals surface area contributed by atoms with E-state index < -0.39 is 10.8 Å². The average molecular weight is 523 g/mol. The normalized spacial score (nSPS) is 15.9. The first-order valence-corrected chi connectivity index (χ1v) is 14.1. The second kappa shape index (κ2) is 8.92. The number of halogens is 1. The van der Waals surface area contributed by atoms with Gasteiger partial charge in [-0.1, -0.05) is 26.6 Å². The Balaban J connectivity index is 1.53. The Morgan fingerprint density at radius 2 is 1.72 bits per heavy atom. The van der Waals surface area contributed by atoms with Gasteiger partial charge in [0.05, 0.1) is 19.1 Å². The number of imidazole rings is 1. The van der Waals surface area contributed by atoms with Crippen molar-refractivity contribution in [3.05, 3.63) is 76.9 Å². The van der Waals surface area contributed by atoms with Crippen molar-refractivity contribution in [3.63, 3.8) is 0 Å². The van der Waals surface area contributed by atoms with Crippen LogP contribution in [0.15, 0.2) is 53.6 Å². The van der Waals surface area contributed by atoms with Gasteiger partial charge in [0, 0.05) is 27.4 Å². The minimum absolute atomic E-state index is 0.232. The van der Waals surface area contributed by atoms with Gasteiger partial charge in [-0.2, -0.15) is 0 Å². The van der Waals surface area contributed by atoms with Crippen LogP contribution >= 0.6 is 21.6 Å². The van der Waals surface area contributed by atoms with Gasteiger partial charge in [-0.3, -0.25) is 4.79 Å². The Kier molecular flexibility index (Phi) is 6.16. The highest BCUT2D eigenvalue weighted by Gasteiger charge is 2.50. The Morgan fingerprint density at radius 1 is 1.06 bits per heavy atom. The van der Waals surface area contributed by atoms with Crippen LogP contribution in [0.4, 0.5) is 4.39 Å². The van der Waals surface area contributed by atoms with Gasteiger partial charge in [0.15, 0.2) is 11.3 Å². The Morgan fingerprint density at radius 3 is 2.39 bits per heavy atom. The molecule has 0 saturated heterocycles. The van der Waals surface area contributed by atoms with Gasteiger partial charge in [-0.25, -0.2) is 13.9 Å². The topological polar surface area (TPSA) is 58.9 Å². The van der Waals surface area contributed by atoms with Crippen LogP contribution in [0.2, 0.25) is 0 Å². The highest BCUT2D eigenvalue weighted by atomic mass is 33.1. The maximum atomic E-state index is 13.3. The molecular formula is C28H29FN3O2S2+. The van der Waals surface area contributed by atoms with Crippen LogP contribution in [-0.2, 0) is 21.4 Å². The molecule has 0 aliphatic heterocycles. The number of aromatic nitrogens is 3. The van der Waals surface area contributed by atoms with Crippen LogP contribution in [0.3, 0.4) is 0 Å². The van der Waals surface area contributed by atoms with Gasteiger partial charge >= 0.3 is 5.95 Å². The minimum Gasteiger partial charge on any atom is -0.496 e. The van der Waals surface area contributed by atoms with Crippen molar-refractivity contribution < 1.29 is 18.5 Å². The van der Waals surface area contributed by atoms with Gasteiger partial charge in [0.1, 0.15) is 22.8 Å².